The van der Waals surface area contributed by atoms with Crippen molar-refractivity contribution < 1.29 is 0 Å². The average Bonchev–Trinajstić information content (AvgIpc) is 2.42. The van der Waals surface area contributed by atoms with Gasteiger partial charge >= 0.3 is 0 Å². The number of amidine groups is 1. The number of benzene rings is 1. The molecular formula is C11H12N2. The Kier molecular flexibility index (Phi) is 1.69. The number of hydrogen-bond acceptors (Lipinski definition) is 1. The van der Waals surface area contributed by atoms with Crippen molar-refractivity contribution in [3.8, 4) is 0 Å². The van der Waals surface area contributed by atoms with Gasteiger partial charge in [-0.2, -0.15) is 0 Å². The Morgan fingerprint density at radius 3 is 2.85 bits per heavy atom. The van der Waals surface area contributed by atoms with Gasteiger partial charge in [0.2, 0.25) is 0 Å². The highest BCUT2D eigenvalue weighted by molar-refractivity contribution is 6.10. The molecule has 1 aliphatic heterocycles. The summed E-state index contributed by atoms with van der Waals surface area (Å²) >= 11 is 0. The standard InChI is InChI=1S/C11H12N2/c1-3-8-4-5-9-10(6-8)7(2)13-11(9)12/h4-6H,2-3H2,1H3,(H2,12,13). The molecule has 0 amide bonds. The van der Waals surface area contributed by atoms with Gasteiger partial charge in [-0.25, -0.2) is 0 Å². The van der Waals surface area contributed by atoms with Crippen molar-refractivity contribution in [1.82, 2.24) is 5.32 Å². The van der Waals surface area contributed by atoms with Crippen molar-refractivity contribution in [2.24, 2.45) is 0 Å². The number of fused-ring (bicyclic) bond motifs is 1. The monoisotopic (exact) mass is 172 g/mol. The normalized spacial score (nSPS) is 14.2. The van der Waals surface area contributed by atoms with E-state index in [0.29, 0.717) is 5.84 Å². The Labute approximate surface area is 77.8 Å². The molecule has 1 aromatic rings. The predicted octanol–water partition coefficient (Wildman–Crippen LogP) is 2.15. The van der Waals surface area contributed by atoms with E-state index in [1.54, 1.807) is 0 Å². The van der Waals surface area contributed by atoms with Gasteiger partial charge in [-0.05, 0) is 18.1 Å². The first kappa shape index (κ1) is 8.05. The maximum atomic E-state index is 7.62. The van der Waals surface area contributed by atoms with Gasteiger partial charge in [-0.15, -0.1) is 0 Å². The largest absolute Gasteiger partial charge is 0.340 e. The SMILES string of the molecule is C=C1NC(=N)c2ccc(CC)cc21. The van der Waals surface area contributed by atoms with Gasteiger partial charge < -0.3 is 5.32 Å². The molecule has 1 aliphatic rings. The van der Waals surface area contributed by atoms with E-state index in [0.717, 1.165) is 23.2 Å². The predicted molar refractivity (Wildman–Crippen MR) is 54.8 cm³/mol. The summed E-state index contributed by atoms with van der Waals surface area (Å²) in [7, 11) is 0. The fourth-order valence-corrected chi connectivity index (χ4v) is 1.56. The Bertz CT molecular complexity index is 391. The second-order valence-corrected chi connectivity index (χ2v) is 3.21. The van der Waals surface area contributed by atoms with Gasteiger partial charge in [0, 0.05) is 16.8 Å². The third-order valence-corrected chi connectivity index (χ3v) is 2.36. The van der Waals surface area contributed by atoms with Crippen molar-refractivity contribution in [3.05, 3.63) is 41.5 Å². The van der Waals surface area contributed by atoms with Crippen LogP contribution in [-0.4, -0.2) is 5.84 Å². The minimum Gasteiger partial charge on any atom is -0.340 e. The molecule has 1 aromatic carbocycles. The lowest BCUT2D eigenvalue weighted by atomic mass is 10.0. The molecule has 2 heteroatoms. The second kappa shape index (κ2) is 2.73. The van der Waals surface area contributed by atoms with Crippen LogP contribution in [0.25, 0.3) is 5.70 Å². The van der Waals surface area contributed by atoms with Crippen LogP contribution in [0.1, 0.15) is 23.6 Å². The Balaban J connectivity index is 2.58. The molecule has 0 unspecified atom stereocenters. The minimum absolute atomic E-state index is 0.461. The van der Waals surface area contributed by atoms with Gasteiger partial charge in [0.05, 0.1) is 0 Å². The molecule has 0 fully saturated rings. The quantitative estimate of drug-likeness (QED) is 0.669. The molecule has 2 nitrogen and oxygen atoms in total. The summed E-state index contributed by atoms with van der Waals surface area (Å²) in [5.41, 5.74) is 4.17. The highest BCUT2D eigenvalue weighted by Gasteiger charge is 2.18. The van der Waals surface area contributed by atoms with Crippen LogP contribution in [0.4, 0.5) is 0 Å². The van der Waals surface area contributed by atoms with Crippen LogP contribution in [0.3, 0.4) is 0 Å². The summed E-state index contributed by atoms with van der Waals surface area (Å²) in [5.74, 6) is 0.461. The summed E-state index contributed by atoms with van der Waals surface area (Å²) in [6.45, 7) is 5.99. The molecule has 0 atom stereocenters. The number of hydrogen-bond donors (Lipinski definition) is 2. The summed E-state index contributed by atoms with van der Waals surface area (Å²) < 4.78 is 0. The van der Waals surface area contributed by atoms with Crippen LogP contribution < -0.4 is 5.32 Å². The lowest BCUT2D eigenvalue weighted by Gasteiger charge is -2.00. The van der Waals surface area contributed by atoms with Crippen LogP contribution in [0.2, 0.25) is 0 Å². The van der Waals surface area contributed by atoms with E-state index in [1.165, 1.54) is 5.56 Å². The molecule has 13 heavy (non-hydrogen) atoms. The second-order valence-electron chi connectivity index (χ2n) is 3.21. The molecule has 0 aliphatic carbocycles. The third kappa shape index (κ3) is 1.15. The first-order chi connectivity index (χ1) is 6.22. The first-order valence-corrected chi connectivity index (χ1v) is 4.40. The van der Waals surface area contributed by atoms with Crippen LogP contribution in [-0.2, 0) is 6.42 Å². The van der Waals surface area contributed by atoms with Crippen LogP contribution in [0.15, 0.2) is 24.8 Å². The van der Waals surface area contributed by atoms with Gasteiger partial charge in [-0.1, -0.05) is 25.6 Å². The highest BCUT2D eigenvalue weighted by atomic mass is 15.0. The highest BCUT2D eigenvalue weighted by Crippen LogP contribution is 2.24. The Morgan fingerprint density at radius 1 is 1.38 bits per heavy atom. The fourth-order valence-electron chi connectivity index (χ4n) is 1.56. The molecule has 0 saturated carbocycles. The van der Waals surface area contributed by atoms with E-state index in [-0.39, 0.29) is 0 Å². The maximum absolute atomic E-state index is 7.62. The average molecular weight is 172 g/mol. The molecule has 0 aromatic heterocycles. The van der Waals surface area contributed by atoms with Crippen molar-refractivity contribution in [1.29, 1.82) is 5.41 Å². The summed E-state index contributed by atoms with van der Waals surface area (Å²) in [6, 6.07) is 6.15. The third-order valence-electron chi connectivity index (χ3n) is 2.36. The van der Waals surface area contributed by atoms with E-state index < -0.39 is 0 Å². The molecule has 0 bridgehead atoms. The van der Waals surface area contributed by atoms with Crippen LogP contribution in [0, 0.1) is 5.41 Å². The van der Waals surface area contributed by atoms with E-state index in [2.05, 4.69) is 31.0 Å². The van der Waals surface area contributed by atoms with Crippen molar-refractivity contribution >= 4 is 11.5 Å². The summed E-state index contributed by atoms with van der Waals surface area (Å²) in [4.78, 5) is 0. The Hall–Kier alpha value is -1.57. The molecule has 1 heterocycles. The van der Waals surface area contributed by atoms with Gasteiger partial charge in [-0.3, -0.25) is 5.41 Å². The van der Waals surface area contributed by atoms with E-state index in [9.17, 15) is 0 Å². The smallest absolute Gasteiger partial charge is 0.130 e. The molecule has 66 valence electrons. The van der Waals surface area contributed by atoms with E-state index in [4.69, 9.17) is 5.41 Å². The van der Waals surface area contributed by atoms with Crippen molar-refractivity contribution in [2.75, 3.05) is 0 Å². The van der Waals surface area contributed by atoms with Crippen LogP contribution >= 0.6 is 0 Å². The molecule has 0 saturated heterocycles. The van der Waals surface area contributed by atoms with Gasteiger partial charge in [0.15, 0.2) is 0 Å². The van der Waals surface area contributed by atoms with E-state index >= 15 is 0 Å². The summed E-state index contributed by atoms with van der Waals surface area (Å²) in [6.07, 6.45) is 1.02. The van der Waals surface area contributed by atoms with Crippen LogP contribution in [0.5, 0.6) is 0 Å². The fraction of sp³-hybridized carbons (Fsp3) is 0.182. The zero-order valence-electron chi connectivity index (χ0n) is 7.65. The molecule has 0 radical (unpaired) electrons. The Morgan fingerprint density at radius 2 is 2.15 bits per heavy atom. The lowest BCUT2D eigenvalue weighted by Crippen LogP contribution is -2.11. The topological polar surface area (TPSA) is 35.9 Å². The lowest BCUT2D eigenvalue weighted by molar-refractivity contribution is 1.14. The minimum atomic E-state index is 0.461. The molecule has 2 N–H and O–H groups in total. The maximum Gasteiger partial charge on any atom is 0.130 e. The molecule has 2 rings (SSSR count). The molecular weight excluding hydrogens is 160 g/mol. The van der Waals surface area contributed by atoms with E-state index in [1.807, 2.05) is 6.07 Å². The molecule has 0 spiro atoms. The van der Waals surface area contributed by atoms with Crippen molar-refractivity contribution in [3.63, 3.8) is 0 Å². The number of nitrogens with one attached hydrogen (secondary N) is 2. The van der Waals surface area contributed by atoms with Gasteiger partial charge in [0.1, 0.15) is 5.84 Å². The zero-order valence-corrected chi connectivity index (χ0v) is 7.65. The zero-order chi connectivity index (χ0) is 9.42. The summed E-state index contributed by atoms with van der Waals surface area (Å²) in [5, 5.41) is 10.5. The number of aryl methyl sites for hydroxylation is 1. The van der Waals surface area contributed by atoms with Crippen molar-refractivity contribution in [2.45, 2.75) is 13.3 Å². The first-order valence-electron chi connectivity index (χ1n) is 4.40. The number of rotatable bonds is 1. The van der Waals surface area contributed by atoms with Gasteiger partial charge in [0.25, 0.3) is 0 Å².